The smallest absolute Gasteiger partial charge is 0.268 e. The summed E-state index contributed by atoms with van der Waals surface area (Å²) in [6, 6.07) is 12.3. The van der Waals surface area contributed by atoms with Gasteiger partial charge in [-0.15, -0.1) is 5.10 Å². The number of hydrogen-bond donors (Lipinski definition) is 1. The summed E-state index contributed by atoms with van der Waals surface area (Å²) in [7, 11) is -1.98. The Hall–Kier alpha value is -2.29. The molecule has 3 aromatic rings. The molecule has 0 spiro atoms. The molecule has 3 rings (SSSR count). The van der Waals surface area contributed by atoms with Crippen molar-refractivity contribution in [3.8, 4) is 5.75 Å². The van der Waals surface area contributed by atoms with Gasteiger partial charge in [-0.3, -0.25) is 0 Å². The minimum absolute atomic E-state index is 0.254. The number of ether oxygens (including phenoxy) is 1. The van der Waals surface area contributed by atoms with E-state index in [1.165, 1.54) is 4.68 Å². The van der Waals surface area contributed by atoms with Gasteiger partial charge in [-0.25, -0.2) is 13.1 Å². The number of hydrogen-bond acceptors (Lipinski definition) is 6. The summed E-state index contributed by atoms with van der Waals surface area (Å²) >= 11 is 12.0. The van der Waals surface area contributed by atoms with Gasteiger partial charge in [0.05, 0.1) is 13.7 Å². The quantitative estimate of drug-likeness (QED) is 0.644. The first-order valence-corrected chi connectivity index (χ1v) is 10.4. The van der Waals surface area contributed by atoms with Crippen molar-refractivity contribution in [3.05, 3.63) is 58.1 Å². The van der Waals surface area contributed by atoms with Gasteiger partial charge in [0, 0.05) is 22.0 Å². The second-order valence-corrected chi connectivity index (χ2v) is 8.56. The van der Waals surface area contributed by atoms with Crippen molar-refractivity contribution in [1.29, 1.82) is 0 Å². The summed E-state index contributed by atoms with van der Waals surface area (Å²) in [4.78, 5) is 4.11. The van der Waals surface area contributed by atoms with Crippen molar-refractivity contribution in [2.24, 2.45) is 0 Å². The van der Waals surface area contributed by atoms with E-state index in [-0.39, 0.29) is 11.1 Å². The van der Waals surface area contributed by atoms with E-state index in [1.807, 2.05) is 24.3 Å². The largest absolute Gasteiger partial charge is 0.497 e. The van der Waals surface area contributed by atoms with Crippen LogP contribution in [0.2, 0.25) is 10.0 Å². The van der Waals surface area contributed by atoms with Crippen molar-refractivity contribution in [3.63, 3.8) is 0 Å². The normalized spacial score (nSPS) is 11.4. The fourth-order valence-corrected chi connectivity index (χ4v) is 3.37. The third-order valence-corrected chi connectivity index (χ3v) is 4.87. The van der Waals surface area contributed by atoms with Gasteiger partial charge < -0.3 is 10.1 Å². The lowest BCUT2D eigenvalue weighted by Crippen LogP contribution is -2.07. The molecular formula is C17H16Cl2N4O3S. The lowest BCUT2D eigenvalue weighted by Gasteiger charge is -2.09. The van der Waals surface area contributed by atoms with Gasteiger partial charge in [0.2, 0.25) is 15.8 Å². The van der Waals surface area contributed by atoms with E-state index in [1.54, 1.807) is 25.3 Å². The summed E-state index contributed by atoms with van der Waals surface area (Å²) in [5.74, 6) is 0.977. The van der Waals surface area contributed by atoms with Crippen LogP contribution in [0.5, 0.6) is 5.75 Å². The molecule has 0 bridgehead atoms. The first-order chi connectivity index (χ1) is 12.7. The summed E-state index contributed by atoms with van der Waals surface area (Å²) in [6.07, 6.45) is 1.06. The zero-order chi connectivity index (χ0) is 19.6. The van der Waals surface area contributed by atoms with Crippen LogP contribution in [0, 0.1) is 0 Å². The third-order valence-electron chi connectivity index (χ3n) is 3.59. The number of nitrogens with zero attached hydrogens (tertiary/aromatic N) is 3. The van der Waals surface area contributed by atoms with Gasteiger partial charge in [-0.1, -0.05) is 35.3 Å². The lowest BCUT2D eigenvalue weighted by molar-refractivity contribution is 0.414. The van der Waals surface area contributed by atoms with E-state index >= 15 is 0 Å². The minimum atomic E-state index is -3.57. The molecule has 0 saturated carbocycles. The molecule has 0 aliphatic heterocycles. The van der Waals surface area contributed by atoms with Crippen LogP contribution in [-0.2, 0) is 16.4 Å². The van der Waals surface area contributed by atoms with Gasteiger partial charge in [0.15, 0.2) is 0 Å². The number of halogens is 2. The Labute approximate surface area is 166 Å². The Morgan fingerprint density at radius 2 is 1.74 bits per heavy atom. The van der Waals surface area contributed by atoms with E-state index in [0.29, 0.717) is 22.3 Å². The van der Waals surface area contributed by atoms with Gasteiger partial charge in [-0.2, -0.15) is 4.98 Å². The molecule has 0 amide bonds. The van der Waals surface area contributed by atoms with Crippen molar-refractivity contribution in [2.45, 2.75) is 11.7 Å². The van der Waals surface area contributed by atoms with E-state index < -0.39 is 9.84 Å². The molecule has 1 aromatic heterocycles. The molecule has 1 N–H and O–H groups in total. The average molecular weight is 427 g/mol. The number of sulfone groups is 1. The predicted molar refractivity (Wildman–Crippen MR) is 105 cm³/mol. The minimum Gasteiger partial charge on any atom is -0.497 e. The zero-order valence-corrected chi connectivity index (χ0v) is 16.8. The zero-order valence-electron chi connectivity index (χ0n) is 14.5. The van der Waals surface area contributed by atoms with E-state index in [4.69, 9.17) is 27.9 Å². The topological polar surface area (TPSA) is 86.1 Å². The highest BCUT2D eigenvalue weighted by Gasteiger charge is 2.18. The van der Waals surface area contributed by atoms with Crippen molar-refractivity contribution in [2.75, 3.05) is 18.7 Å². The van der Waals surface area contributed by atoms with Gasteiger partial charge in [-0.05, 0) is 35.9 Å². The third kappa shape index (κ3) is 4.91. The molecule has 0 atom stereocenters. The van der Waals surface area contributed by atoms with E-state index in [2.05, 4.69) is 15.4 Å². The maximum absolute atomic E-state index is 11.9. The summed E-state index contributed by atoms with van der Waals surface area (Å²) in [6.45, 7) is 0.309. The molecular weight excluding hydrogens is 411 g/mol. The molecule has 7 nitrogen and oxygen atoms in total. The van der Waals surface area contributed by atoms with Crippen LogP contribution in [0.15, 0.2) is 47.6 Å². The molecule has 10 heteroatoms. The predicted octanol–water partition coefficient (Wildman–Crippen LogP) is 3.79. The van der Waals surface area contributed by atoms with Crippen molar-refractivity contribution < 1.29 is 13.2 Å². The van der Waals surface area contributed by atoms with E-state index in [9.17, 15) is 8.42 Å². The van der Waals surface area contributed by atoms with Crippen molar-refractivity contribution >= 4 is 44.7 Å². The fraction of sp³-hybridized carbons (Fsp3) is 0.176. The van der Waals surface area contributed by atoms with Crippen LogP contribution < -0.4 is 10.1 Å². The highest BCUT2D eigenvalue weighted by atomic mass is 35.5. The molecule has 0 aliphatic rings. The average Bonchev–Trinajstić information content (AvgIpc) is 2.97. The maximum atomic E-state index is 11.9. The number of methoxy groups -OCH3 is 1. The summed E-state index contributed by atoms with van der Waals surface area (Å²) in [5, 5.41) is 7.75. The molecule has 0 saturated heterocycles. The van der Waals surface area contributed by atoms with Gasteiger partial charge in [0.25, 0.3) is 5.16 Å². The Bertz CT molecular complexity index is 1050. The number of aromatic nitrogens is 3. The second kappa shape index (κ2) is 7.75. The molecule has 2 aromatic carbocycles. The Kier molecular flexibility index (Phi) is 5.59. The van der Waals surface area contributed by atoms with Gasteiger partial charge in [0.1, 0.15) is 5.75 Å². The molecule has 142 valence electrons. The van der Waals surface area contributed by atoms with Crippen LogP contribution in [-0.4, -0.2) is 36.5 Å². The number of nitrogens with one attached hydrogen (secondary N) is 1. The SMILES string of the molecule is COc1ccc(Cn2nc(S(C)(=O)=O)nc2Nc2cc(Cl)cc(Cl)c2)cc1. The van der Waals surface area contributed by atoms with E-state index in [0.717, 1.165) is 17.6 Å². The number of benzene rings is 2. The monoisotopic (exact) mass is 426 g/mol. The lowest BCUT2D eigenvalue weighted by atomic mass is 10.2. The maximum Gasteiger partial charge on any atom is 0.268 e. The highest BCUT2D eigenvalue weighted by Crippen LogP contribution is 2.25. The molecule has 0 unspecified atom stereocenters. The van der Waals surface area contributed by atoms with Crippen LogP contribution >= 0.6 is 23.2 Å². The standard InChI is InChI=1S/C17H16Cl2N4O3S/c1-26-15-5-3-11(4-6-15)10-23-16(21-17(22-23)27(2,24)25)20-14-8-12(18)7-13(19)9-14/h3-9H,10H2,1-2H3,(H,20,21,22). The van der Waals surface area contributed by atoms with Gasteiger partial charge >= 0.3 is 0 Å². The molecule has 1 heterocycles. The highest BCUT2D eigenvalue weighted by molar-refractivity contribution is 7.90. The van der Waals surface area contributed by atoms with Crippen LogP contribution in [0.4, 0.5) is 11.6 Å². The van der Waals surface area contributed by atoms with Crippen LogP contribution in [0.25, 0.3) is 0 Å². The van der Waals surface area contributed by atoms with Crippen molar-refractivity contribution in [1.82, 2.24) is 14.8 Å². The Morgan fingerprint density at radius 3 is 2.30 bits per heavy atom. The molecule has 27 heavy (non-hydrogen) atoms. The molecule has 0 radical (unpaired) electrons. The first-order valence-electron chi connectivity index (χ1n) is 7.75. The number of anilines is 2. The molecule has 0 aliphatic carbocycles. The number of rotatable bonds is 6. The first kappa shape index (κ1) is 19.5. The Morgan fingerprint density at radius 1 is 1.11 bits per heavy atom. The van der Waals surface area contributed by atoms with Crippen LogP contribution in [0.1, 0.15) is 5.56 Å². The summed E-state index contributed by atoms with van der Waals surface area (Å²) in [5.41, 5.74) is 1.46. The fourth-order valence-electron chi connectivity index (χ4n) is 2.34. The van der Waals surface area contributed by atoms with Crippen LogP contribution in [0.3, 0.4) is 0 Å². The second-order valence-electron chi connectivity index (χ2n) is 5.78. The Balaban J connectivity index is 1.96. The summed E-state index contributed by atoms with van der Waals surface area (Å²) < 4.78 is 30.3. The molecule has 0 fully saturated rings.